The second-order valence-electron chi connectivity index (χ2n) is 10.5. The minimum absolute atomic E-state index is 0.0621. The number of anilines is 1. The molecule has 10 nitrogen and oxygen atoms in total. The summed E-state index contributed by atoms with van der Waals surface area (Å²) in [7, 11) is 1.56. The molecule has 0 radical (unpaired) electrons. The Morgan fingerprint density at radius 3 is 2.66 bits per heavy atom. The van der Waals surface area contributed by atoms with E-state index in [4.69, 9.17) is 19.3 Å². The molecule has 1 atom stereocenters. The number of para-hydroxylation sites is 1. The summed E-state index contributed by atoms with van der Waals surface area (Å²) in [5.41, 5.74) is 0.568. The molecule has 3 N–H and O–H groups in total. The number of amides is 3. The first-order valence-electron chi connectivity index (χ1n) is 13.2. The second-order valence-corrected chi connectivity index (χ2v) is 11.4. The van der Waals surface area contributed by atoms with Gasteiger partial charge in [0.15, 0.2) is 5.75 Å². The average molecular weight is 629 g/mol. The molecule has 0 bridgehead atoms. The van der Waals surface area contributed by atoms with Gasteiger partial charge in [0.25, 0.3) is 11.8 Å². The summed E-state index contributed by atoms with van der Waals surface area (Å²) in [5, 5.41) is 16.3. The van der Waals surface area contributed by atoms with E-state index in [1.54, 1.807) is 46.1 Å². The summed E-state index contributed by atoms with van der Waals surface area (Å²) in [6.07, 6.45) is -0.370. The van der Waals surface area contributed by atoms with E-state index in [2.05, 4.69) is 26.6 Å². The molecule has 0 spiro atoms. The van der Waals surface area contributed by atoms with E-state index in [0.29, 0.717) is 17.9 Å². The number of carbonyl (C=O) groups is 3. The molecule has 3 aromatic rings. The summed E-state index contributed by atoms with van der Waals surface area (Å²) in [6.45, 7) is 5.25. The number of alkyl carbamates (subject to hydrolysis) is 1. The lowest BCUT2D eigenvalue weighted by atomic mass is 10.0. The van der Waals surface area contributed by atoms with Gasteiger partial charge in [0.2, 0.25) is 0 Å². The molecule has 3 amide bonds. The van der Waals surface area contributed by atoms with Gasteiger partial charge in [-0.3, -0.25) is 9.59 Å². The molecule has 0 fully saturated rings. The number of methoxy groups -OCH3 is 1. The van der Waals surface area contributed by atoms with Gasteiger partial charge in [0.05, 0.1) is 24.9 Å². The van der Waals surface area contributed by atoms with Crippen LogP contribution in [0.3, 0.4) is 0 Å². The van der Waals surface area contributed by atoms with Crippen molar-refractivity contribution in [3.63, 3.8) is 0 Å². The molecular formula is C30H34BrN3O7. The topological polar surface area (TPSA) is 126 Å². The largest absolute Gasteiger partial charge is 0.496 e. The van der Waals surface area contributed by atoms with Crippen molar-refractivity contribution in [2.45, 2.75) is 45.4 Å². The summed E-state index contributed by atoms with van der Waals surface area (Å²) in [6, 6.07) is 13.5. The lowest BCUT2D eigenvalue weighted by Gasteiger charge is -2.27. The molecule has 0 saturated heterocycles. The zero-order valence-corrected chi connectivity index (χ0v) is 25.0. The fourth-order valence-corrected chi connectivity index (χ4v) is 4.94. The number of carbonyl (C=O) groups excluding carboxylic acids is 3. The molecule has 0 saturated carbocycles. The van der Waals surface area contributed by atoms with Crippen molar-refractivity contribution in [2.75, 3.05) is 31.8 Å². The Morgan fingerprint density at radius 2 is 1.95 bits per heavy atom. The van der Waals surface area contributed by atoms with Crippen molar-refractivity contribution >= 4 is 50.3 Å². The van der Waals surface area contributed by atoms with Gasteiger partial charge in [-0.25, -0.2) is 4.79 Å². The minimum atomic E-state index is -1.10. The van der Waals surface area contributed by atoms with Gasteiger partial charge in [0.1, 0.15) is 24.0 Å². The first-order chi connectivity index (χ1) is 19.5. The van der Waals surface area contributed by atoms with Crippen LogP contribution in [0.25, 0.3) is 10.8 Å². The Hall–Kier alpha value is -3.83. The maximum Gasteiger partial charge on any atom is 0.408 e. The van der Waals surface area contributed by atoms with Crippen molar-refractivity contribution in [3.05, 3.63) is 64.1 Å². The smallest absolute Gasteiger partial charge is 0.408 e. The monoisotopic (exact) mass is 627 g/mol. The number of hydrogen-bond acceptors (Lipinski definition) is 7. The first-order valence-corrected chi connectivity index (χ1v) is 14.0. The third-order valence-electron chi connectivity index (χ3n) is 6.39. The van der Waals surface area contributed by atoms with E-state index in [1.807, 2.05) is 30.3 Å². The van der Waals surface area contributed by atoms with Crippen LogP contribution in [0.2, 0.25) is 0 Å². The number of aliphatic hydroxyl groups excluding tert-OH is 1. The lowest BCUT2D eigenvalue weighted by Crippen LogP contribution is -2.51. The summed E-state index contributed by atoms with van der Waals surface area (Å²) >= 11 is 3.51. The molecule has 11 heteroatoms. The maximum atomic E-state index is 14.1. The standard InChI is InChI=1S/C30H34BrN3O7/c1-30(2,3)41-29(38)33-23-17-40-26-21(27(36)32-13-6-14-35)7-5-8-24(26)34(28(23)37)16-22-20-11-10-19(31)15-18(20)9-12-25(22)39-4/h5,7-12,15,23,35H,6,13-14,16-17H2,1-4H3,(H,32,36)(H,33,38)/t23-/m0/s1. The Morgan fingerprint density at radius 1 is 1.17 bits per heavy atom. The molecule has 1 aliphatic rings. The van der Waals surface area contributed by atoms with Crippen LogP contribution in [0.1, 0.15) is 43.1 Å². The van der Waals surface area contributed by atoms with Gasteiger partial charge in [-0.15, -0.1) is 0 Å². The van der Waals surface area contributed by atoms with Gasteiger partial charge in [-0.2, -0.15) is 0 Å². The first kappa shape index (κ1) is 30.1. The predicted molar refractivity (Wildman–Crippen MR) is 159 cm³/mol. The van der Waals surface area contributed by atoms with E-state index < -0.39 is 29.6 Å². The number of nitrogens with zero attached hydrogens (tertiary/aromatic N) is 1. The summed E-state index contributed by atoms with van der Waals surface area (Å²) in [5.74, 6) is -0.0656. The summed E-state index contributed by atoms with van der Waals surface area (Å²) < 4.78 is 18.1. The number of benzene rings is 3. The van der Waals surface area contributed by atoms with Crippen LogP contribution in [0.15, 0.2) is 53.0 Å². The Labute approximate surface area is 247 Å². The van der Waals surface area contributed by atoms with Gasteiger partial charge in [0, 0.05) is 23.2 Å². The van der Waals surface area contributed by atoms with Crippen molar-refractivity contribution in [1.82, 2.24) is 10.6 Å². The molecule has 0 unspecified atom stereocenters. The number of ether oxygens (including phenoxy) is 3. The Kier molecular flexibility index (Phi) is 9.39. The highest BCUT2D eigenvalue weighted by Gasteiger charge is 2.36. The van der Waals surface area contributed by atoms with E-state index in [-0.39, 0.29) is 37.6 Å². The van der Waals surface area contributed by atoms with Crippen molar-refractivity contribution in [3.8, 4) is 11.5 Å². The molecule has 41 heavy (non-hydrogen) atoms. The van der Waals surface area contributed by atoms with Crippen LogP contribution < -0.4 is 25.0 Å². The zero-order chi connectivity index (χ0) is 29.7. The normalized spacial score (nSPS) is 15.0. The fraction of sp³-hybridized carbons (Fsp3) is 0.367. The summed E-state index contributed by atoms with van der Waals surface area (Å²) in [4.78, 5) is 41.4. The van der Waals surface area contributed by atoms with Crippen LogP contribution in [-0.2, 0) is 16.1 Å². The Bertz CT molecular complexity index is 1450. The van der Waals surface area contributed by atoms with Gasteiger partial charge in [-0.1, -0.05) is 34.1 Å². The van der Waals surface area contributed by atoms with Crippen LogP contribution in [-0.4, -0.2) is 61.5 Å². The molecule has 218 valence electrons. The maximum absolute atomic E-state index is 14.1. The quantitative estimate of drug-likeness (QED) is 0.313. The van der Waals surface area contributed by atoms with Crippen LogP contribution in [0.5, 0.6) is 11.5 Å². The molecule has 0 aliphatic carbocycles. The number of hydrogen-bond donors (Lipinski definition) is 3. The van der Waals surface area contributed by atoms with E-state index in [1.165, 1.54) is 4.90 Å². The lowest BCUT2D eigenvalue weighted by molar-refractivity contribution is -0.121. The highest BCUT2D eigenvalue weighted by atomic mass is 79.9. The van der Waals surface area contributed by atoms with Crippen LogP contribution in [0, 0.1) is 0 Å². The predicted octanol–water partition coefficient (Wildman–Crippen LogP) is 4.54. The van der Waals surface area contributed by atoms with E-state index in [9.17, 15) is 14.4 Å². The highest BCUT2D eigenvalue weighted by molar-refractivity contribution is 9.10. The zero-order valence-electron chi connectivity index (χ0n) is 23.5. The molecule has 1 heterocycles. The number of rotatable bonds is 8. The Balaban J connectivity index is 1.80. The number of fused-ring (bicyclic) bond motifs is 2. The van der Waals surface area contributed by atoms with Gasteiger partial charge >= 0.3 is 6.09 Å². The van der Waals surface area contributed by atoms with E-state index in [0.717, 1.165) is 20.8 Å². The molecule has 1 aliphatic heterocycles. The molecular weight excluding hydrogens is 594 g/mol. The van der Waals surface area contributed by atoms with Crippen LogP contribution in [0.4, 0.5) is 10.5 Å². The fourth-order valence-electron chi connectivity index (χ4n) is 4.56. The van der Waals surface area contributed by atoms with Gasteiger partial charge in [-0.05, 0) is 68.3 Å². The third-order valence-corrected chi connectivity index (χ3v) is 6.88. The van der Waals surface area contributed by atoms with Crippen LogP contribution >= 0.6 is 15.9 Å². The SMILES string of the molecule is COc1ccc2cc(Br)ccc2c1CN1C(=O)[C@@H](NC(=O)OC(C)(C)C)COc2c(C(=O)NCCCO)cccc21. The number of nitrogens with one attached hydrogen (secondary N) is 2. The number of halogens is 1. The average Bonchev–Trinajstić information content (AvgIpc) is 3.04. The van der Waals surface area contributed by atoms with Crippen molar-refractivity contribution in [1.29, 1.82) is 0 Å². The van der Waals surface area contributed by atoms with Crippen molar-refractivity contribution in [2.24, 2.45) is 0 Å². The highest BCUT2D eigenvalue weighted by Crippen LogP contribution is 2.38. The second kappa shape index (κ2) is 12.8. The molecule has 0 aromatic heterocycles. The molecule has 4 rings (SSSR count). The minimum Gasteiger partial charge on any atom is -0.496 e. The molecule has 3 aromatic carbocycles. The third kappa shape index (κ3) is 7.09. The number of aliphatic hydroxyl groups is 1. The van der Waals surface area contributed by atoms with Crippen molar-refractivity contribution < 1.29 is 33.7 Å². The van der Waals surface area contributed by atoms with Gasteiger partial charge < -0.3 is 34.9 Å². The van der Waals surface area contributed by atoms with E-state index >= 15 is 0 Å².